The monoisotopic (exact) mass is 303 g/mol. The van der Waals surface area contributed by atoms with Gasteiger partial charge in [0.1, 0.15) is 0 Å². The molecule has 0 radical (unpaired) electrons. The number of benzene rings is 1. The van der Waals surface area contributed by atoms with Crippen LogP contribution in [0.1, 0.15) is 32.3 Å². The highest BCUT2D eigenvalue weighted by Gasteiger charge is 2.22. The number of para-hydroxylation sites is 1. The van der Waals surface area contributed by atoms with Crippen LogP contribution < -0.4 is 10.6 Å². The first-order valence-electron chi connectivity index (χ1n) is 7.87. The molecule has 2 aromatic rings. The third-order valence-corrected chi connectivity index (χ3v) is 4.25. The normalized spacial score (nSPS) is 11.6. The number of fused-ring (bicyclic) bond motifs is 1. The summed E-state index contributed by atoms with van der Waals surface area (Å²) in [6, 6.07) is 7.88. The summed E-state index contributed by atoms with van der Waals surface area (Å²) in [5.41, 5.74) is 1.49. The second-order valence-electron chi connectivity index (χ2n) is 5.65. The summed E-state index contributed by atoms with van der Waals surface area (Å²) in [4.78, 5) is 15.0. The Bertz CT molecular complexity index is 617. The number of aliphatic hydroxyl groups is 1. The molecule has 0 spiro atoms. The Labute approximate surface area is 131 Å². The molecule has 0 aliphatic heterocycles. The molecule has 0 atom stereocenters. The Morgan fingerprint density at radius 3 is 2.68 bits per heavy atom. The molecule has 1 aromatic heterocycles. The van der Waals surface area contributed by atoms with Gasteiger partial charge in [0.25, 0.3) is 0 Å². The predicted molar refractivity (Wildman–Crippen MR) is 88.9 cm³/mol. The summed E-state index contributed by atoms with van der Waals surface area (Å²) in [6.45, 7) is 4.67. The van der Waals surface area contributed by atoms with Gasteiger partial charge in [-0.1, -0.05) is 32.0 Å². The van der Waals surface area contributed by atoms with Gasteiger partial charge in [-0.15, -0.1) is 0 Å². The molecule has 5 nitrogen and oxygen atoms in total. The van der Waals surface area contributed by atoms with E-state index in [4.69, 9.17) is 0 Å². The zero-order chi connectivity index (χ0) is 16.0. The molecular weight excluding hydrogens is 278 g/mol. The number of aromatic amines is 1. The van der Waals surface area contributed by atoms with Crippen LogP contribution in [0, 0.1) is 0 Å². The molecule has 0 aliphatic carbocycles. The van der Waals surface area contributed by atoms with Crippen LogP contribution in [0.3, 0.4) is 0 Å². The van der Waals surface area contributed by atoms with Crippen LogP contribution in [-0.4, -0.2) is 34.8 Å². The van der Waals surface area contributed by atoms with E-state index in [1.54, 1.807) is 0 Å². The summed E-state index contributed by atoms with van der Waals surface area (Å²) in [5.74, 6) is 0. The Morgan fingerprint density at radius 1 is 1.23 bits per heavy atom. The van der Waals surface area contributed by atoms with Crippen LogP contribution in [0.25, 0.3) is 10.9 Å². The van der Waals surface area contributed by atoms with E-state index in [2.05, 4.69) is 21.7 Å². The van der Waals surface area contributed by atoms with Gasteiger partial charge in [-0.05, 0) is 30.9 Å². The lowest BCUT2D eigenvalue weighted by Gasteiger charge is -2.25. The minimum atomic E-state index is -0.811. The SMILES string of the molecule is CCC(O)(CC)CNC(=O)NCCc1c[nH]c2ccccc12. The Balaban J connectivity index is 1.78. The zero-order valence-corrected chi connectivity index (χ0v) is 13.3. The van der Waals surface area contributed by atoms with Crippen LogP contribution >= 0.6 is 0 Å². The standard InChI is InChI=1S/C17H25N3O2/c1-3-17(22,4-2)12-20-16(21)18-10-9-13-11-19-15-8-6-5-7-14(13)15/h5-8,11,19,22H,3-4,9-10,12H2,1-2H3,(H2,18,20,21). The van der Waals surface area contributed by atoms with E-state index in [0.717, 1.165) is 11.9 Å². The largest absolute Gasteiger partial charge is 0.388 e. The van der Waals surface area contributed by atoms with Gasteiger partial charge in [-0.2, -0.15) is 0 Å². The van der Waals surface area contributed by atoms with Crippen LogP contribution in [0.15, 0.2) is 30.5 Å². The number of hydrogen-bond acceptors (Lipinski definition) is 2. The average Bonchev–Trinajstić information content (AvgIpc) is 2.96. The van der Waals surface area contributed by atoms with Crippen molar-refractivity contribution in [3.63, 3.8) is 0 Å². The van der Waals surface area contributed by atoms with E-state index >= 15 is 0 Å². The lowest BCUT2D eigenvalue weighted by Crippen LogP contribution is -2.46. The minimum Gasteiger partial charge on any atom is -0.388 e. The molecule has 1 heterocycles. The topological polar surface area (TPSA) is 77.2 Å². The van der Waals surface area contributed by atoms with Crippen LogP contribution in [-0.2, 0) is 6.42 Å². The van der Waals surface area contributed by atoms with Crippen molar-refractivity contribution in [3.05, 3.63) is 36.0 Å². The fraction of sp³-hybridized carbons (Fsp3) is 0.471. The molecule has 2 amide bonds. The summed E-state index contributed by atoms with van der Waals surface area (Å²) in [7, 11) is 0. The van der Waals surface area contributed by atoms with Gasteiger partial charge in [0.05, 0.1) is 5.60 Å². The summed E-state index contributed by atoms with van der Waals surface area (Å²) < 4.78 is 0. The highest BCUT2D eigenvalue weighted by molar-refractivity contribution is 5.83. The van der Waals surface area contributed by atoms with E-state index in [-0.39, 0.29) is 12.6 Å². The van der Waals surface area contributed by atoms with Gasteiger partial charge in [0.2, 0.25) is 0 Å². The molecular formula is C17H25N3O2. The lowest BCUT2D eigenvalue weighted by molar-refractivity contribution is 0.0349. The molecule has 120 valence electrons. The molecule has 0 saturated carbocycles. The first-order valence-corrected chi connectivity index (χ1v) is 7.87. The summed E-state index contributed by atoms with van der Waals surface area (Å²) in [5, 5.41) is 16.9. The molecule has 22 heavy (non-hydrogen) atoms. The maximum Gasteiger partial charge on any atom is 0.314 e. The van der Waals surface area contributed by atoms with Crippen molar-refractivity contribution in [3.8, 4) is 0 Å². The Hall–Kier alpha value is -2.01. The molecule has 0 aliphatic rings. The summed E-state index contributed by atoms with van der Waals surface area (Å²) >= 11 is 0. The lowest BCUT2D eigenvalue weighted by atomic mass is 9.98. The fourth-order valence-corrected chi connectivity index (χ4v) is 2.46. The molecule has 1 aromatic carbocycles. The van der Waals surface area contributed by atoms with Crippen molar-refractivity contribution in [1.82, 2.24) is 15.6 Å². The Morgan fingerprint density at radius 2 is 1.95 bits per heavy atom. The maximum atomic E-state index is 11.8. The summed E-state index contributed by atoms with van der Waals surface area (Å²) in [6.07, 6.45) is 4.00. The van der Waals surface area contributed by atoms with Gasteiger partial charge in [-0.25, -0.2) is 4.79 Å². The number of amides is 2. The zero-order valence-electron chi connectivity index (χ0n) is 13.3. The number of hydrogen-bond donors (Lipinski definition) is 4. The number of urea groups is 1. The number of rotatable bonds is 7. The van der Waals surface area contributed by atoms with Crippen molar-refractivity contribution in [1.29, 1.82) is 0 Å². The molecule has 5 heteroatoms. The van der Waals surface area contributed by atoms with Gasteiger partial charge in [0, 0.05) is 30.2 Å². The van der Waals surface area contributed by atoms with Crippen LogP contribution in [0.4, 0.5) is 4.79 Å². The Kier molecular flexibility index (Phi) is 5.44. The predicted octanol–water partition coefficient (Wildman–Crippen LogP) is 2.56. The molecule has 0 saturated heterocycles. The van der Waals surface area contributed by atoms with E-state index in [9.17, 15) is 9.90 Å². The van der Waals surface area contributed by atoms with Gasteiger partial charge in [0.15, 0.2) is 0 Å². The fourth-order valence-electron chi connectivity index (χ4n) is 2.46. The van der Waals surface area contributed by atoms with Crippen molar-refractivity contribution < 1.29 is 9.90 Å². The van der Waals surface area contributed by atoms with E-state index in [1.165, 1.54) is 10.9 Å². The number of aromatic nitrogens is 1. The maximum absolute atomic E-state index is 11.8. The second kappa shape index (κ2) is 7.31. The molecule has 4 N–H and O–H groups in total. The molecule has 0 fully saturated rings. The van der Waals surface area contributed by atoms with Crippen molar-refractivity contribution >= 4 is 16.9 Å². The molecule has 2 rings (SSSR count). The van der Waals surface area contributed by atoms with Crippen LogP contribution in [0.5, 0.6) is 0 Å². The number of carbonyl (C=O) groups excluding carboxylic acids is 1. The first-order chi connectivity index (χ1) is 10.6. The number of carbonyl (C=O) groups is 1. The van der Waals surface area contributed by atoms with Gasteiger partial charge in [-0.3, -0.25) is 0 Å². The highest BCUT2D eigenvalue weighted by atomic mass is 16.3. The van der Waals surface area contributed by atoms with E-state index in [0.29, 0.717) is 19.4 Å². The van der Waals surface area contributed by atoms with Gasteiger partial charge < -0.3 is 20.7 Å². The average molecular weight is 303 g/mol. The van der Waals surface area contributed by atoms with Crippen molar-refractivity contribution in [2.45, 2.75) is 38.7 Å². The molecule has 0 bridgehead atoms. The van der Waals surface area contributed by atoms with Crippen molar-refractivity contribution in [2.75, 3.05) is 13.1 Å². The van der Waals surface area contributed by atoms with E-state index in [1.807, 2.05) is 38.2 Å². The third-order valence-electron chi connectivity index (χ3n) is 4.25. The van der Waals surface area contributed by atoms with Gasteiger partial charge >= 0.3 is 6.03 Å². The second-order valence-corrected chi connectivity index (χ2v) is 5.65. The van der Waals surface area contributed by atoms with Crippen LogP contribution in [0.2, 0.25) is 0 Å². The third kappa shape index (κ3) is 4.01. The smallest absolute Gasteiger partial charge is 0.314 e. The molecule has 0 unspecified atom stereocenters. The first kappa shape index (κ1) is 16.4. The quantitative estimate of drug-likeness (QED) is 0.634. The minimum absolute atomic E-state index is 0.236. The number of nitrogens with one attached hydrogen (secondary N) is 3. The van der Waals surface area contributed by atoms with Crippen molar-refractivity contribution in [2.24, 2.45) is 0 Å². The number of H-pyrrole nitrogens is 1. The van der Waals surface area contributed by atoms with E-state index < -0.39 is 5.60 Å². The highest BCUT2D eigenvalue weighted by Crippen LogP contribution is 2.17.